The molecule has 0 heterocycles. The zero-order chi connectivity index (χ0) is 17.4. The average Bonchev–Trinajstić information content (AvgIpc) is 3.35. The van der Waals surface area contributed by atoms with Gasteiger partial charge in [-0.15, -0.1) is 0 Å². The third kappa shape index (κ3) is 3.32. The van der Waals surface area contributed by atoms with E-state index in [0.717, 1.165) is 30.5 Å². The predicted molar refractivity (Wildman–Crippen MR) is 84.0 cm³/mol. The van der Waals surface area contributed by atoms with Crippen molar-refractivity contribution in [3.05, 3.63) is 65.7 Å². The van der Waals surface area contributed by atoms with E-state index in [-0.39, 0.29) is 12.0 Å². The molecule has 1 N–H and O–H groups in total. The van der Waals surface area contributed by atoms with Gasteiger partial charge >= 0.3 is 6.18 Å². The molecule has 1 fully saturated rings. The second-order valence-electron chi connectivity index (χ2n) is 5.96. The highest BCUT2D eigenvalue weighted by molar-refractivity contribution is 7.89. The van der Waals surface area contributed by atoms with Crippen molar-refractivity contribution < 1.29 is 21.6 Å². The minimum atomic E-state index is -4.72. The maximum Gasteiger partial charge on any atom is 0.417 e. The Morgan fingerprint density at radius 3 is 2.12 bits per heavy atom. The van der Waals surface area contributed by atoms with Crippen LogP contribution in [0.15, 0.2) is 59.5 Å². The highest BCUT2D eigenvalue weighted by Crippen LogP contribution is 2.47. The van der Waals surface area contributed by atoms with E-state index in [1.165, 1.54) is 12.1 Å². The second-order valence-corrected chi connectivity index (χ2v) is 7.70. The summed E-state index contributed by atoms with van der Waals surface area (Å²) in [6.07, 6.45) is -3.11. The molecule has 0 aliphatic heterocycles. The zero-order valence-corrected chi connectivity index (χ0v) is 13.5. The topological polar surface area (TPSA) is 46.2 Å². The van der Waals surface area contributed by atoms with Crippen molar-refractivity contribution in [2.24, 2.45) is 0 Å². The van der Waals surface area contributed by atoms with Gasteiger partial charge in [0.1, 0.15) is 0 Å². The van der Waals surface area contributed by atoms with Crippen molar-refractivity contribution >= 4 is 10.0 Å². The maximum absolute atomic E-state index is 13.0. The fourth-order valence-corrected chi connectivity index (χ4v) is 4.11. The van der Waals surface area contributed by atoms with Crippen molar-refractivity contribution in [3.8, 4) is 0 Å². The Hall–Kier alpha value is -1.86. The minimum Gasteiger partial charge on any atom is -0.210 e. The molecule has 1 saturated carbocycles. The summed E-state index contributed by atoms with van der Waals surface area (Å²) in [5, 5.41) is 0. The Morgan fingerprint density at radius 1 is 0.958 bits per heavy atom. The van der Waals surface area contributed by atoms with Crippen LogP contribution in [0.25, 0.3) is 0 Å². The molecule has 0 unspecified atom stereocenters. The number of halogens is 3. The summed E-state index contributed by atoms with van der Waals surface area (Å²) in [7, 11) is -4.25. The van der Waals surface area contributed by atoms with Crippen LogP contribution in [0.2, 0.25) is 0 Å². The third-order valence-corrected chi connectivity index (χ3v) is 5.78. The van der Waals surface area contributed by atoms with E-state index in [0.29, 0.717) is 0 Å². The first-order valence-electron chi connectivity index (χ1n) is 7.46. The summed E-state index contributed by atoms with van der Waals surface area (Å²) >= 11 is 0. The molecule has 0 radical (unpaired) electrons. The van der Waals surface area contributed by atoms with Crippen LogP contribution in [0.4, 0.5) is 13.2 Å². The number of hydrogen-bond donors (Lipinski definition) is 1. The number of benzene rings is 2. The monoisotopic (exact) mass is 355 g/mol. The van der Waals surface area contributed by atoms with Crippen molar-refractivity contribution in [2.45, 2.75) is 29.3 Å². The summed E-state index contributed by atoms with van der Waals surface area (Å²) in [5.41, 5.74) is -0.472. The molecule has 0 atom stereocenters. The van der Waals surface area contributed by atoms with Gasteiger partial charge in [0.15, 0.2) is 0 Å². The Kier molecular flexibility index (Phi) is 4.17. The molecule has 3 nitrogen and oxygen atoms in total. The van der Waals surface area contributed by atoms with Crippen molar-refractivity contribution in [2.75, 3.05) is 6.54 Å². The van der Waals surface area contributed by atoms with Gasteiger partial charge in [0.05, 0.1) is 10.5 Å². The normalized spacial score (nSPS) is 16.8. The highest BCUT2D eigenvalue weighted by atomic mass is 32.2. The molecule has 2 aromatic carbocycles. The predicted octanol–water partition coefficient (Wildman–Crippen LogP) is 3.72. The first-order chi connectivity index (χ1) is 11.2. The molecule has 1 aliphatic rings. The Labute approximate surface area is 138 Å². The summed E-state index contributed by atoms with van der Waals surface area (Å²) in [5.74, 6) is 0. The molecule has 0 spiro atoms. The van der Waals surface area contributed by atoms with Gasteiger partial charge in [-0.05, 0) is 30.5 Å². The number of alkyl halides is 3. The van der Waals surface area contributed by atoms with E-state index in [2.05, 4.69) is 4.72 Å². The molecule has 0 saturated heterocycles. The van der Waals surface area contributed by atoms with E-state index >= 15 is 0 Å². The smallest absolute Gasteiger partial charge is 0.210 e. The number of nitrogens with one attached hydrogen (secondary N) is 1. The van der Waals surface area contributed by atoms with Crippen LogP contribution in [-0.2, 0) is 21.6 Å². The Morgan fingerprint density at radius 2 is 1.54 bits per heavy atom. The van der Waals surface area contributed by atoms with E-state index in [4.69, 9.17) is 0 Å². The van der Waals surface area contributed by atoms with E-state index in [1.54, 1.807) is 0 Å². The molecule has 7 heteroatoms. The average molecular weight is 355 g/mol. The lowest BCUT2D eigenvalue weighted by Crippen LogP contribution is -2.33. The first-order valence-corrected chi connectivity index (χ1v) is 8.94. The largest absolute Gasteiger partial charge is 0.417 e. The van der Waals surface area contributed by atoms with Crippen LogP contribution in [0, 0.1) is 0 Å². The summed E-state index contributed by atoms with van der Waals surface area (Å²) in [4.78, 5) is -0.735. The summed E-state index contributed by atoms with van der Waals surface area (Å²) in [6.45, 7) is 0.0888. The van der Waals surface area contributed by atoms with Gasteiger partial charge in [0.2, 0.25) is 10.0 Å². The van der Waals surface area contributed by atoms with Gasteiger partial charge in [-0.1, -0.05) is 42.5 Å². The van der Waals surface area contributed by atoms with Gasteiger partial charge < -0.3 is 0 Å². The van der Waals surface area contributed by atoms with Crippen molar-refractivity contribution in [1.29, 1.82) is 0 Å². The number of rotatable bonds is 5. The van der Waals surface area contributed by atoms with E-state index < -0.39 is 26.7 Å². The molecular formula is C17H16F3NO2S. The van der Waals surface area contributed by atoms with E-state index in [9.17, 15) is 21.6 Å². The maximum atomic E-state index is 13.0. The van der Waals surface area contributed by atoms with Crippen LogP contribution in [0.3, 0.4) is 0 Å². The van der Waals surface area contributed by atoms with Gasteiger partial charge in [0, 0.05) is 12.0 Å². The molecule has 128 valence electrons. The molecular weight excluding hydrogens is 339 g/mol. The van der Waals surface area contributed by atoms with Crippen molar-refractivity contribution in [3.63, 3.8) is 0 Å². The molecule has 0 aromatic heterocycles. The van der Waals surface area contributed by atoms with Crippen LogP contribution in [-0.4, -0.2) is 15.0 Å². The number of sulfonamides is 1. The lowest BCUT2D eigenvalue weighted by molar-refractivity contribution is -0.139. The highest BCUT2D eigenvalue weighted by Gasteiger charge is 2.45. The SMILES string of the molecule is O=S(=O)(NCC1(c2ccccc2)CC1)c1ccccc1C(F)(F)F. The minimum absolute atomic E-state index is 0.0888. The quantitative estimate of drug-likeness (QED) is 0.889. The molecule has 1 aliphatic carbocycles. The fraction of sp³-hybridized carbons (Fsp3) is 0.294. The molecule has 2 aromatic rings. The van der Waals surface area contributed by atoms with Gasteiger partial charge in [-0.2, -0.15) is 13.2 Å². The van der Waals surface area contributed by atoms with Crippen molar-refractivity contribution in [1.82, 2.24) is 4.72 Å². The third-order valence-electron chi connectivity index (χ3n) is 4.32. The van der Waals surface area contributed by atoms with Crippen LogP contribution in [0.1, 0.15) is 24.0 Å². The molecule has 0 bridgehead atoms. The summed E-state index contributed by atoms with van der Waals surface area (Å²) < 4.78 is 66.3. The van der Waals surface area contributed by atoms with Gasteiger partial charge in [-0.25, -0.2) is 13.1 Å². The van der Waals surface area contributed by atoms with Gasteiger partial charge in [-0.3, -0.25) is 0 Å². The lowest BCUT2D eigenvalue weighted by Gasteiger charge is -2.18. The fourth-order valence-electron chi connectivity index (χ4n) is 2.76. The Balaban J connectivity index is 1.84. The Bertz CT molecular complexity index is 828. The lowest BCUT2D eigenvalue weighted by atomic mass is 9.96. The summed E-state index contributed by atoms with van der Waals surface area (Å²) in [6, 6.07) is 13.6. The zero-order valence-electron chi connectivity index (χ0n) is 12.7. The second kappa shape index (κ2) is 5.89. The van der Waals surface area contributed by atoms with Crippen LogP contribution < -0.4 is 4.72 Å². The van der Waals surface area contributed by atoms with Crippen LogP contribution in [0.5, 0.6) is 0 Å². The van der Waals surface area contributed by atoms with E-state index in [1.807, 2.05) is 30.3 Å². The first kappa shape index (κ1) is 17.0. The molecule has 0 amide bonds. The standard InChI is InChI=1S/C17H16F3NO2S/c18-17(19,20)14-8-4-5-9-15(14)24(22,23)21-12-16(10-11-16)13-6-2-1-3-7-13/h1-9,21H,10-12H2. The van der Waals surface area contributed by atoms with Gasteiger partial charge in [0.25, 0.3) is 0 Å². The molecule has 24 heavy (non-hydrogen) atoms. The molecule has 3 rings (SSSR count). The van der Waals surface area contributed by atoms with Crippen LogP contribution >= 0.6 is 0 Å². The number of hydrogen-bond acceptors (Lipinski definition) is 2.